The Hall–Kier alpha value is -2.21. The lowest BCUT2D eigenvalue weighted by molar-refractivity contribution is -0.132. The molecule has 0 unspecified atom stereocenters. The van der Waals surface area contributed by atoms with Crippen LogP contribution in [0.1, 0.15) is 28.8 Å². The van der Waals surface area contributed by atoms with Crippen LogP contribution in [0.4, 0.5) is 4.39 Å². The Kier molecular flexibility index (Phi) is 6.61. The average Bonchev–Trinajstić information content (AvgIpc) is 2.68. The molecule has 0 aliphatic carbocycles. The summed E-state index contributed by atoms with van der Waals surface area (Å²) >= 11 is 3.25. The Morgan fingerprint density at radius 3 is 2.30 bits per heavy atom. The number of carbonyl (C=O) groups excluding carboxylic acids is 2. The van der Waals surface area contributed by atoms with Gasteiger partial charge in [0, 0.05) is 37.1 Å². The van der Waals surface area contributed by atoms with Crippen molar-refractivity contribution >= 4 is 27.7 Å². The Morgan fingerprint density at radius 2 is 1.63 bits per heavy atom. The second kappa shape index (κ2) is 9.13. The van der Waals surface area contributed by atoms with Crippen molar-refractivity contribution in [1.82, 2.24) is 9.80 Å². The lowest BCUT2D eigenvalue weighted by Gasteiger charge is -2.35. The molecule has 0 saturated carbocycles. The van der Waals surface area contributed by atoms with Crippen molar-refractivity contribution in [1.29, 1.82) is 0 Å². The fourth-order valence-electron chi connectivity index (χ4n) is 3.24. The fourth-order valence-corrected chi connectivity index (χ4v) is 3.76. The maximum atomic E-state index is 13.2. The van der Waals surface area contributed by atoms with Crippen LogP contribution in [-0.4, -0.2) is 47.8 Å². The predicted molar refractivity (Wildman–Crippen MR) is 106 cm³/mol. The molecule has 1 fully saturated rings. The second-order valence-corrected chi connectivity index (χ2v) is 7.49. The minimum Gasteiger partial charge on any atom is -0.339 e. The molecule has 0 aromatic heterocycles. The predicted octanol–water partition coefficient (Wildman–Crippen LogP) is 3.90. The lowest BCUT2D eigenvalue weighted by atomic mass is 10.1. The minimum absolute atomic E-state index is 0.140. The summed E-state index contributed by atoms with van der Waals surface area (Å²) in [4.78, 5) is 28.5. The van der Waals surface area contributed by atoms with Crippen LogP contribution < -0.4 is 0 Å². The van der Waals surface area contributed by atoms with Crippen LogP contribution >= 0.6 is 15.9 Å². The van der Waals surface area contributed by atoms with E-state index in [2.05, 4.69) is 28.1 Å². The molecule has 0 radical (unpaired) electrons. The molecule has 2 aromatic carbocycles. The van der Waals surface area contributed by atoms with Gasteiger partial charge in [0.05, 0.1) is 5.56 Å². The molecular weight excluding hydrogens is 411 g/mol. The van der Waals surface area contributed by atoms with Gasteiger partial charge in [-0.1, -0.05) is 30.3 Å². The molecule has 0 bridgehead atoms. The normalized spacial score (nSPS) is 14.3. The Bertz CT molecular complexity index is 805. The van der Waals surface area contributed by atoms with E-state index >= 15 is 0 Å². The number of hydrogen-bond donors (Lipinski definition) is 0. The van der Waals surface area contributed by atoms with Gasteiger partial charge in [-0.2, -0.15) is 0 Å². The first kappa shape index (κ1) is 19.5. The van der Waals surface area contributed by atoms with E-state index < -0.39 is 0 Å². The van der Waals surface area contributed by atoms with Crippen LogP contribution in [0, 0.1) is 5.82 Å². The first-order valence-corrected chi connectivity index (χ1v) is 9.90. The first-order valence-electron chi connectivity index (χ1n) is 9.10. The number of aryl methyl sites for hydroxylation is 1. The molecule has 1 aliphatic heterocycles. The summed E-state index contributed by atoms with van der Waals surface area (Å²) in [5.74, 6) is -0.386. The number of amides is 2. The Morgan fingerprint density at radius 1 is 0.963 bits per heavy atom. The van der Waals surface area contributed by atoms with E-state index in [0.717, 1.165) is 12.8 Å². The van der Waals surface area contributed by atoms with Gasteiger partial charge in [0.2, 0.25) is 5.91 Å². The molecule has 0 N–H and O–H groups in total. The average molecular weight is 433 g/mol. The van der Waals surface area contributed by atoms with Crippen molar-refractivity contribution < 1.29 is 14.0 Å². The summed E-state index contributed by atoms with van der Waals surface area (Å²) in [6.45, 7) is 2.06. The van der Waals surface area contributed by atoms with Crippen LogP contribution in [0.5, 0.6) is 0 Å². The third-order valence-corrected chi connectivity index (χ3v) is 5.44. The van der Waals surface area contributed by atoms with Crippen LogP contribution in [0.2, 0.25) is 0 Å². The number of halogens is 2. The molecule has 0 atom stereocenters. The van der Waals surface area contributed by atoms with Crippen molar-refractivity contribution in [3.05, 3.63) is 69.9 Å². The Labute approximate surface area is 167 Å². The van der Waals surface area contributed by atoms with Crippen LogP contribution in [0.15, 0.2) is 53.0 Å². The van der Waals surface area contributed by atoms with Gasteiger partial charge in [0.25, 0.3) is 5.91 Å². The number of hydrogen-bond acceptors (Lipinski definition) is 2. The Balaban J connectivity index is 1.46. The summed E-state index contributed by atoms with van der Waals surface area (Å²) in [7, 11) is 0. The minimum atomic E-state index is -0.385. The summed E-state index contributed by atoms with van der Waals surface area (Å²) in [5, 5.41) is 0. The highest BCUT2D eigenvalue weighted by Gasteiger charge is 2.25. The zero-order chi connectivity index (χ0) is 19.2. The number of rotatable bonds is 5. The van der Waals surface area contributed by atoms with Gasteiger partial charge in [-0.15, -0.1) is 0 Å². The van der Waals surface area contributed by atoms with E-state index in [1.54, 1.807) is 4.90 Å². The fraction of sp³-hybridized carbons (Fsp3) is 0.333. The van der Waals surface area contributed by atoms with E-state index in [0.29, 0.717) is 42.6 Å². The van der Waals surface area contributed by atoms with Crippen LogP contribution in [0.3, 0.4) is 0 Å². The third-order valence-electron chi connectivity index (χ3n) is 4.78. The molecule has 1 aliphatic rings. The van der Waals surface area contributed by atoms with Gasteiger partial charge in [0.1, 0.15) is 5.82 Å². The topological polar surface area (TPSA) is 40.6 Å². The molecule has 1 saturated heterocycles. The second-order valence-electron chi connectivity index (χ2n) is 6.64. The lowest BCUT2D eigenvalue weighted by Crippen LogP contribution is -2.50. The third kappa shape index (κ3) is 5.16. The van der Waals surface area contributed by atoms with Crippen molar-refractivity contribution in [2.45, 2.75) is 19.3 Å². The smallest absolute Gasteiger partial charge is 0.255 e. The van der Waals surface area contributed by atoms with Gasteiger partial charge in [-0.25, -0.2) is 4.39 Å². The van der Waals surface area contributed by atoms with Crippen molar-refractivity contribution in [2.24, 2.45) is 0 Å². The highest BCUT2D eigenvalue weighted by Crippen LogP contribution is 2.20. The maximum Gasteiger partial charge on any atom is 0.255 e. The number of benzene rings is 2. The molecule has 2 aromatic rings. The molecule has 3 rings (SSSR count). The number of carbonyl (C=O) groups is 2. The SMILES string of the molecule is O=C(CCCc1ccccc1)N1CCN(C(=O)c2ccc(F)cc2Br)CC1. The standard InChI is InChI=1S/C21H22BrFN2O2/c22-19-15-17(23)9-10-18(19)21(27)25-13-11-24(12-14-25)20(26)8-4-7-16-5-2-1-3-6-16/h1-3,5-6,9-10,15H,4,7-8,11-14H2. The van der Waals surface area contributed by atoms with E-state index in [4.69, 9.17) is 0 Å². The summed E-state index contributed by atoms with van der Waals surface area (Å²) in [6.07, 6.45) is 2.24. The zero-order valence-corrected chi connectivity index (χ0v) is 16.6. The maximum absolute atomic E-state index is 13.2. The molecule has 6 heteroatoms. The van der Waals surface area contributed by atoms with Crippen molar-refractivity contribution in [2.75, 3.05) is 26.2 Å². The molecule has 1 heterocycles. The zero-order valence-electron chi connectivity index (χ0n) is 15.0. The number of nitrogens with zero attached hydrogens (tertiary/aromatic N) is 2. The van der Waals surface area contributed by atoms with Crippen LogP contribution in [0.25, 0.3) is 0 Å². The van der Waals surface area contributed by atoms with Gasteiger partial charge in [-0.05, 0) is 52.5 Å². The monoisotopic (exact) mass is 432 g/mol. The van der Waals surface area contributed by atoms with Gasteiger partial charge in [0.15, 0.2) is 0 Å². The first-order chi connectivity index (χ1) is 13.0. The van der Waals surface area contributed by atoms with E-state index in [1.165, 1.54) is 23.8 Å². The summed E-state index contributed by atoms with van der Waals surface area (Å²) < 4.78 is 13.7. The molecular formula is C21H22BrFN2O2. The quantitative estimate of drug-likeness (QED) is 0.718. The highest BCUT2D eigenvalue weighted by atomic mass is 79.9. The van der Waals surface area contributed by atoms with Crippen LogP contribution in [-0.2, 0) is 11.2 Å². The summed E-state index contributed by atoms with van der Waals surface area (Å²) in [5.41, 5.74) is 1.68. The highest BCUT2D eigenvalue weighted by molar-refractivity contribution is 9.10. The van der Waals surface area contributed by atoms with Crippen molar-refractivity contribution in [3.63, 3.8) is 0 Å². The van der Waals surface area contributed by atoms with E-state index in [-0.39, 0.29) is 17.6 Å². The largest absolute Gasteiger partial charge is 0.339 e. The summed E-state index contributed by atoms with van der Waals surface area (Å²) in [6, 6.07) is 14.2. The molecule has 0 spiro atoms. The van der Waals surface area contributed by atoms with E-state index in [9.17, 15) is 14.0 Å². The molecule has 142 valence electrons. The molecule has 4 nitrogen and oxygen atoms in total. The van der Waals surface area contributed by atoms with Gasteiger partial charge >= 0.3 is 0 Å². The van der Waals surface area contributed by atoms with Gasteiger partial charge in [-0.3, -0.25) is 9.59 Å². The molecule has 2 amide bonds. The van der Waals surface area contributed by atoms with E-state index in [1.807, 2.05) is 23.1 Å². The number of piperazine rings is 1. The van der Waals surface area contributed by atoms with Gasteiger partial charge < -0.3 is 9.80 Å². The molecule has 27 heavy (non-hydrogen) atoms. The van der Waals surface area contributed by atoms with Crippen molar-refractivity contribution in [3.8, 4) is 0 Å².